The molecule has 0 aliphatic rings. The Morgan fingerprint density at radius 1 is 0.933 bits per heavy atom. The fourth-order valence-corrected chi connectivity index (χ4v) is 3.71. The number of fused-ring (bicyclic) bond motifs is 1. The molecule has 0 atom stereocenters. The summed E-state index contributed by atoms with van der Waals surface area (Å²) in [6.07, 6.45) is 0. The fourth-order valence-electron chi connectivity index (χ4n) is 3.03. The van der Waals surface area contributed by atoms with Gasteiger partial charge in [-0.2, -0.15) is 0 Å². The molecular weight excluding hydrogens is 447 g/mol. The molecule has 7 heteroatoms. The number of benzene rings is 3. The topological polar surface area (TPSA) is 48.7 Å². The van der Waals surface area contributed by atoms with Gasteiger partial charge in [0.05, 0.1) is 12.5 Å². The minimum Gasteiger partial charge on any atom is -0.497 e. The van der Waals surface area contributed by atoms with E-state index in [-0.39, 0.29) is 17.8 Å². The first-order valence-corrected chi connectivity index (χ1v) is 10.1. The first-order valence-electron chi connectivity index (χ1n) is 8.94. The summed E-state index contributed by atoms with van der Waals surface area (Å²) >= 11 is 18.6. The van der Waals surface area contributed by atoms with Crippen LogP contribution < -0.4 is 14.9 Å². The third-order valence-electron chi connectivity index (χ3n) is 4.59. The van der Waals surface area contributed by atoms with E-state index in [4.69, 9.17) is 48.7 Å². The molecule has 0 amide bonds. The summed E-state index contributed by atoms with van der Waals surface area (Å²) < 4.78 is 17.2. The monoisotopic (exact) mass is 460 g/mol. The molecule has 0 fully saturated rings. The molecule has 1 heterocycles. The van der Waals surface area contributed by atoms with Crippen molar-refractivity contribution >= 4 is 45.8 Å². The maximum atomic E-state index is 13.3. The molecule has 0 spiro atoms. The van der Waals surface area contributed by atoms with Crippen molar-refractivity contribution < 1.29 is 13.9 Å². The fraction of sp³-hybridized carbons (Fsp3) is 0.0870. The Labute approximate surface area is 187 Å². The molecule has 0 unspecified atom stereocenters. The van der Waals surface area contributed by atoms with Crippen molar-refractivity contribution in [3.8, 4) is 22.8 Å². The standard InChI is InChI=1S/C23H15Cl3O4/c1-28-15-8-5-13(6-9-15)22-23(29-12-17-18(25)3-2-4-19(17)26)21(27)16-11-14(24)7-10-20(16)30-22/h2-11H,12H2,1H3. The normalized spacial score (nSPS) is 10.9. The van der Waals surface area contributed by atoms with E-state index in [1.807, 2.05) is 0 Å². The van der Waals surface area contributed by atoms with Gasteiger partial charge in [-0.1, -0.05) is 40.9 Å². The van der Waals surface area contributed by atoms with Crippen LogP contribution in [0.25, 0.3) is 22.3 Å². The van der Waals surface area contributed by atoms with Crippen LogP contribution in [0.4, 0.5) is 0 Å². The van der Waals surface area contributed by atoms with Crippen LogP contribution in [0.5, 0.6) is 11.5 Å². The zero-order valence-corrected chi connectivity index (χ0v) is 18.0. The van der Waals surface area contributed by atoms with E-state index in [1.54, 1.807) is 67.8 Å². The third-order valence-corrected chi connectivity index (χ3v) is 5.53. The van der Waals surface area contributed by atoms with E-state index in [1.165, 1.54) is 0 Å². The highest BCUT2D eigenvalue weighted by Gasteiger charge is 2.19. The van der Waals surface area contributed by atoms with Gasteiger partial charge in [-0.05, 0) is 54.6 Å². The second-order valence-electron chi connectivity index (χ2n) is 6.45. The summed E-state index contributed by atoms with van der Waals surface area (Å²) in [5, 5.41) is 1.63. The lowest BCUT2D eigenvalue weighted by Crippen LogP contribution is -2.10. The zero-order valence-electron chi connectivity index (χ0n) is 15.7. The smallest absolute Gasteiger partial charge is 0.235 e. The van der Waals surface area contributed by atoms with E-state index in [0.29, 0.717) is 48.7 Å². The Morgan fingerprint density at radius 2 is 1.63 bits per heavy atom. The molecule has 4 aromatic rings. The molecule has 0 aliphatic heterocycles. The molecule has 0 saturated heterocycles. The average Bonchev–Trinajstić information content (AvgIpc) is 2.75. The highest BCUT2D eigenvalue weighted by atomic mass is 35.5. The Kier molecular flexibility index (Phi) is 5.91. The van der Waals surface area contributed by atoms with Crippen molar-refractivity contribution in [1.29, 1.82) is 0 Å². The van der Waals surface area contributed by atoms with Crippen molar-refractivity contribution in [1.82, 2.24) is 0 Å². The van der Waals surface area contributed by atoms with Crippen molar-refractivity contribution in [2.45, 2.75) is 6.61 Å². The van der Waals surface area contributed by atoms with Crippen LogP contribution in [0.15, 0.2) is 69.9 Å². The summed E-state index contributed by atoms with van der Waals surface area (Å²) in [6.45, 7) is -0.00149. The molecule has 0 aliphatic carbocycles. The molecule has 3 aromatic carbocycles. The Balaban J connectivity index is 1.86. The van der Waals surface area contributed by atoms with E-state index in [0.717, 1.165) is 0 Å². The van der Waals surface area contributed by atoms with Crippen LogP contribution in [0.1, 0.15) is 5.56 Å². The average molecular weight is 462 g/mol. The SMILES string of the molecule is COc1ccc(-c2oc3ccc(Cl)cc3c(=O)c2OCc2c(Cl)cccc2Cl)cc1. The van der Waals surface area contributed by atoms with Gasteiger partial charge < -0.3 is 13.9 Å². The summed E-state index contributed by atoms with van der Waals surface area (Å²) in [7, 11) is 1.58. The van der Waals surface area contributed by atoms with Crippen LogP contribution in [0.3, 0.4) is 0 Å². The highest BCUT2D eigenvalue weighted by Crippen LogP contribution is 2.34. The molecule has 152 valence electrons. The second kappa shape index (κ2) is 8.60. The van der Waals surface area contributed by atoms with Crippen LogP contribution >= 0.6 is 34.8 Å². The van der Waals surface area contributed by atoms with Crippen molar-refractivity contribution in [2.75, 3.05) is 7.11 Å². The predicted octanol–water partition coefficient (Wildman–Crippen LogP) is 7.01. The van der Waals surface area contributed by atoms with Gasteiger partial charge in [0.25, 0.3) is 0 Å². The number of hydrogen-bond donors (Lipinski definition) is 0. The Morgan fingerprint density at radius 3 is 2.30 bits per heavy atom. The number of ether oxygens (including phenoxy) is 2. The van der Waals surface area contributed by atoms with Gasteiger partial charge in [0.1, 0.15) is 17.9 Å². The van der Waals surface area contributed by atoms with Crippen LogP contribution in [-0.4, -0.2) is 7.11 Å². The molecule has 0 radical (unpaired) electrons. The van der Waals surface area contributed by atoms with Gasteiger partial charge in [-0.15, -0.1) is 0 Å². The van der Waals surface area contributed by atoms with Crippen LogP contribution in [0, 0.1) is 0 Å². The third kappa shape index (κ3) is 3.99. The molecule has 0 bridgehead atoms. The van der Waals surface area contributed by atoms with Crippen molar-refractivity contribution in [2.24, 2.45) is 0 Å². The first-order chi connectivity index (χ1) is 14.5. The summed E-state index contributed by atoms with van der Waals surface area (Å²) in [4.78, 5) is 13.3. The van der Waals surface area contributed by atoms with E-state index in [9.17, 15) is 4.79 Å². The van der Waals surface area contributed by atoms with Gasteiger partial charge >= 0.3 is 0 Å². The maximum absolute atomic E-state index is 13.3. The lowest BCUT2D eigenvalue weighted by molar-refractivity contribution is 0.298. The van der Waals surface area contributed by atoms with Crippen LogP contribution in [0.2, 0.25) is 15.1 Å². The number of halogens is 3. The quantitative estimate of drug-likeness (QED) is 0.321. The van der Waals surface area contributed by atoms with Gasteiger partial charge in [0.2, 0.25) is 11.2 Å². The van der Waals surface area contributed by atoms with Gasteiger partial charge in [-0.25, -0.2) is 0 Å². The zero-order chi connectivity index (χ0) is 21.3. The number of methoxy groups -OCH3 is 1. The Bertz CT molecular complexity index is 1260. The minimum absolute atomic E-state index is 0.00149. The Hall–Kier alpha value is -2.66. The van der Waals surface area contributed by atoms with Crippen molar-refractivity contribution in [3.05, 3.63) is 91.5 Å². The van der Waals surface area contributed by atoms with Gasteiger partial charge in [0, 0.05) is 26.2 Å². The summed E-state index contributed by atoms with van der Waals surface area (Å²) in [5.41, 5.74) is 1.29. The van der Waals surface area contributed by atoms with Gasteiger partial charge in [-0.3, -0.25) is 4.79 Å². The molecule has 30 heavy (non-hydrogen) atoms. The molecule has 0 N–H and O–H groups in total. The molecule has 4 rings (SSSR count). The van der Waals surface area contributed by atoms with Crippen molar-refractivity contribution in [3.63, 3.8) is 0 Å². The summed E-state index contributed by atoms with van der Waals surface area (Å²) in [6, 6.07) is 17.1. The number of hydrogen-bond acceptors (Lipinski definition) is 4. The predicted molar refractivity (Wildman–Crippen MR) is 120 cm³/mol. The summed E-state index contributed by atoms with van der Waals surface area (Å²) in [5.74, 6) is 1.02. The minimum atomic E-state index is -0.340. The lowest BCUT2D eigenvalue weighted by atomic mass is 10.1. The molecule has 1 aromatic heterocycles. The first kappa shape index (κ1) is 20.6. The lowest BCUT2D eigenvalue weighted by Gasteiger charge is -2.13. The molecular formula is C23H15Cl3O4. The van der Waals surface area contributed by atoms with E-state index >= 15 is 0 Å². The van der Waals surface area contributed by atoms with E-state index < -0.39 is 0 Å². The van der Waals surface area contributed by atoms with Crippen LogP contribution in [-0.2, 0) is 6.61 Å². The maximum Gasteiger partial charge on any atom is 0.235 e. The largest absolute Gasteiger partial charge is 0.497 e. The highest BCUT2D eigenvalue weighted by molar-refractivity contribution is 6.36. The van der Waals surface area contributed by atoms with E-state index in [2.05, 4.69) is 0 Å². The molecule has 0 saturated carbocycles. The second-order valence-corrected chi connectivity index (χ2v) is 7.70. The van der Waals surface area contributed by atoms with Gasteiger partial charge in [0.15, 0.2) is 5.76 Å². The number of rotatable bonds is 5. The molecule has 4 nitrogen and oxygen atoms in total.